The van der Waals surface area contributed by atoms with Crippen LogP contribution in [0.2, 0.25) is 0 Å². The minimum atomic E-state index is -0.835. The molecule has 0 saturated heterocycles. The van der Waals surface area contributed by atoms with Crippen LogP contribution in [0.15, 0.2) is 36.4 Å². The highest BCUT2D eigenvalue weighted by Gasteiger charge is 2.29. The van der Waals surface area contributed by atoms with Gasteiger partial charge in [0.2, 0.25) is 5.91 Å². The summed E-state index contributed by atoms with van der Waals surface area (Å²) in [6, 6.07) is 5.62. The average Bonchev–Trinajstić information content (AvgIpc) is 3.32. The first-order valence-electron chi connectivity index (χ1n) is 16.1. The first-order valence-corrected chi connectivity index (χ1v) is 16.1. The number of imide groups is 1. The van der Waals surface area contributed by atoms with Gasteiger partial charge in [0.1, 0.15) is 12.4 Å². The first-order chi connectivity index (χ1) is 21.9. The molecule has 0 saturated carbocycles. The number of hydrogen-bond acceptors (Lipinski definition) is 8. The van der Waals surface area contributed by atoms with Crippen LogP contribution in [0.3, 0.4) is 0 Å². The van der Waals surface area contributed by atoms with Gasteiger partial charge in [-0.3, -0.25) is 33.7 Å². The van der Waals surface area contributed by atoms with Gasteiger partial charge in [0.25, 0.3) is 11.8 Å². The zero-order valence-electron chi connectivity index (χ0n) is 27.2. The standard InChI is InChI=1S/C34H48N4O8/c1-4-9-32(43)46-22-25-14-12-24(13-15-25)20-29(40)28(11-8-18-36-34(35)45)37-33(44)27(23(2)3)21-26(39)10-6-5-7-19-38-30(41)16-17-31(38)42/h12-17,23,27-28H,4-11,18-22H2,1-3H3,(H,37,44)(H3,35,36,45)/t27-,28-/m0/s1. The number of hydrogen-bond donors (Lipinski definition) is 3. The summed E-state index contributed by atoms with van der Waals surface area (Å²) >= 11 is 0. The Morgan fingerprint density at radius 2 is 1.54 bits per heavy atom. The van der Waals surface area contributed by atoms with E-state index in [1.54, 1.807) is 24.3 Å². The van der Waals surface area contributed by atoms with Gasteiger partial charge in [-0.1, -0.05) is 51.5 Å². The topological polar surface area (TPSA) is 182 Å². The molecule has 12 nitrogen and oxygen atoms in total. The molecule has 1 aliphatic rings. The van der Waals surface area contributed by atoms with E-state index in [0.29, 0.717) is 45.1 Å². The van der Waals surface area contributed by atoms with Crippen molar-refractivity contribution in [2.24, 2.45) is 17.6 Å². The summed E-state index contributed by atoms with van der Waals surface area (Å²) in [4.78, 5) is 86.8. The molecule has 0 bridgehead atoms. The summed E-state index contributed by atoms with van der Waals surface area (Å²) in [7, 11) is 0. The molecule has 5 amide bonds. The average molecular weight is 641 g/mol. The van der Waals surface area contributed by atoms with Gasteiger partial charge in [-0.05, 0) is 49.1 Å². The molecule has 0 aliphatic carbocycles. The Morgan fingerprint density at radius 3 is 2.15 bits per heavy atom. The molecule has 1 heterocycles. The number of nitrogens with zero attached hydrogens (tertiary/aromatic N) is 1. The summed E-state index contributed by atoms with van der Waals surface area (Å²) in [6.07, 6.45) is 6.39. The van der Waals surface area contributed by atoms with Crippen molar-refractivity contribution in [1.29, 1.82) is 0 Å². The molecule has 0 radical (unpaired) electrons. The van der Waals surface area contributed by atoms with E-state index in [9.17, 15) is 33.6 Å². The molecule has 0 aromatic heterocycles. The van der Waals surface area contributed by atoms with Gasteiger partial charge in [0.15, 0.2) is 5.78 Å². The minimum absolute atomic E-state index is 0.0327. The van der Waals surface area contributed by atoms with Crippen molar-refractivity contribution in [3.8, 4) is 0 Å². The number of nitrogens with one attached hydrogen (secondary N) is 2. The lowest BCUT2D eigenvalue weighted by molar-refractivity contribution is -0.145. The molecule has 1 aromatic rings. The number of benzene rings is 1. The van der Waals surface area contributed by atoms with Gasteiger partial charge in [-0.2, -0.15) is 0 Å². The predicted molar refractivity (Wildman–Crippen MR) is 171 cm³/mol. The summed E-state index contributed by atoms with van der Waals surface area (Å²) in [5.74, 6) is -2.38. The highest BCUT2D eigenvalue weighted by Crippen LogP contribution is 2.19. The minimum Gasteiger partial charge on any atom is -0.461 e. The third kappa shape index (κ3) is 13.7. The number of ketones is 2. The number of urea groups is 1. The Balaban J connectivity index is 1.94. The molecular weight excluding hydrogens is 592 g/mol. The lowest BCUT2D eigenvalue weighted by Gasteiger charge is -2.24. The van der Waals surface area contributed by atoms with Crippen LogP contribution < -0.4 is 16.4 Å². The number of ether oxygens (including phenoxy) is 1. The molecular formula is C34H48N4O8. The van der Waals surface area contributed by atoms with Crippen molar-refractivity contribution in [3.63, 3.8) is 0 Å². The number of amides is 5. The van der Waals surface area contributed by atoms with E-state index >= 15 is 0 Å². The molecule has 1 aromatic carbocycles. The molecule has 12 heteroatoms. The number of nitrogens with two attached hydrogens (primary N) is 1. The number of carbonyl (C=O) groups excluding carboxylic acids is 7. The number of Topliss-reactive ketones (excluding diaryl/α,β-unsaturated/α-hetero) is 2. The van der Waals surface area contributed by atoms with Gasteiger partial charge in [-0.25, -0.2) is 4.79 Å². The molecule has 0 fully saturated rings. The molecule has 252 valence electrons. The number of primary amides is 1. The third-order valence-electron chi connectivity index (χ3n) is 7.76. The number of rotatable bonds is 22. The van der Waals surface area contributed by atoms with Crippen molar-refractivity contribution < 1.29 is 38.3 Å². The summed E-state index contributed by atoms with van der Waals surface area (Å²) in [6.45, 7) is 6.29. The Hall–Kier alpha value is -4.35. The fourth-order valence-electron chi connectivity index (χ4n) is 5.03. The molecule has 0 spiro atoms. The fourth-order valence-corrected chi connectivity index (χ4v) is 5.03. The summed E-state index contributed by atoms with van der Waals surface area (Å²) in [5, 5.41) is 5.35. The van der Waals surface area contributed by atoms with Gasteiger partial charge >= 0.3 is 12.0 Å². The fraction of sp³-hybridized carbons (Fsp3) is 0.559. The lowest BCUT2D eigenvalue weighted by Crippen LogP contribution is -2.46. The number of unbranched alkanes of at least 4 members (excludes halogenated alkanes) is 2. The highest BCUT2D eigenvalue weighted by molar-refractivity contribution is 6.12. The largest absolute Gasteiger partial charge is 0.461 e. The van der Waals surface area contributed by atoms with Crippen LogP contribution in [0.25, 0.3) is 0 Å². The molecule has 2 atom stereocenters. The van der Waals surface area contributed by atoms with E-state index in [4.69, 9.17) is 10.5 Å². The maximum Gasteiger partial charge on any atom is 0.312 e. The normalized spacial score (nSPS) is 13.9. The third-order valence-corrected chi connectivity index (χ3v) is 7.76. The molecule has 2 rings (SSSR count). The van der Waals surface area contributed by atoms with Crippen LogP contribution in [0.5, 0.6) is 0 Å². The molecule has 46 heavy (non-hydrogen) atoms. The monoisotopic (exact) mass is 640 g/mol. The van der Waals surface area contributed by atoms with Gasteiger partial charge in [0, 0.05) is 56.8 Å². The zero-order chi connectivity index (χ0) is 34.1. The van der Waals surface area contributed by atoms with Crippen molar-refractivity contribution in [3.05, 3.63) is 47.5 Å². The summed E-state index contributed by atoms with van der Waals surface area (Å²) in [5.41, 5.74) is 6.67. The van der Waals surface area contributed by atoms with Crippen LogP contribution in [0.1, 0.15) is 89.7 Å². The van der Waals surface area contributed by atoms with E-state index in [1.807, 2.05) is 20.8 Å². The highest BCUT2D eigenvalue weighted by atomic mass is 16.5. The molecule has 0 unspecified atom stereocenters. The van der Waals surface area contributed by atoms with E-state index in [1.165, 1.54) is 17.1 Å². The second kappa shape index (κ2) is 19.9. The number of esters is 1. The van der Waals surface area contributed by atoms with E-state index in [2.05, 4.69) is 10.6 Å². The first kappa shape index (κ1) is 37.8. The van der Waals surface area contributed by atoms with Crippen LogP contribution in [0, 0.1) is 11.8 Å². The van der Waals surface area contributed by atoms with Crippen molar-refractivity contribution in [1.82, 2.24) is 15.5 Å². The van der Waals surface area contributed by atoms with Gasteiger partial charge in [-0.15, -0.1) is 0 Å². The van der Waals surface area contributed by atoms with E-state index in [-0.39, 0.29) is 80.0 Å². The quantitative estimate of drug-likeness (QED) is 0.0980. The van der Waals surface area contributed by atoms with E-state index in [0.717, 1.165) is 11.1 Å². The Kier molecular flexibility index (Phi) is 16.4. The second-order valence-electron chi connectivity index (χ2n) is 11.9. The Labute approximate surface area is 270 Å². The maximum atomic E-state index is 13.4. The second-order valence-corrected chi connectivity index (χ2v) is 11.9. The van der Waals surface area contributed by atoms with Crippen LogP contribution in [-0.4, -0.2) is 65.3 Å². The van der Waals surface area contributed by atoms with Crippen LogP contribution in [-0.2, 0) is 46.5 Å². The van der Waals surface area contributed by atoms with Crippen molar-refractivity contribution in [2.45, 2.75) is 97.6 Å². The molecule has 1 aliphatic heterocycles. The van der Waals surface area contributed by atoms with Crippen molar-refractivity contribution in [2.75, 3.05) is 13.1 Å². The SMILES string of the molecule is CCCC(=O)OCc1ccc(CC(=O)[C@H](CCCNC(N)=O)NC(=O)[C@@H](CC(=O)CCCCCN2C(=O)C=CC2=O)C(C)C)cc1. The Bertz CT molecular complexity index is 1240. The lowest BCUT2D eigenvalue weighted by atomic mass is 9.88. The van der Waals surface area contributed by atoms with Crippen molar-refractivity contribution >= 4 is 41.3 Å². The van der Waals surface area contributed by atoms with Crippen LogP contribution in [0.4, 0.5) is 4.79 Å². The smallest absolute Gasteiger partial charge is 0.312 e. The Morgan fingerprint density at radius 1 is 0.891 bits per heavy atom. The van der Waals surface area contributed by atoms with Gasteiger partial charge in [0.05, 0.1) is 6.04 Å². The predicted octanol–water partition coefficient (Wildman–Crippen LogP) is 3.29. The maximum absolute atomic E-state index is 13.4. The summed E-state index contributed by atoms with van der Waals surface area (Å²) < 4.78 is 5.23. The van der Waals surface area contributed by atoms with Gasteiger partial charge < -0.3 is 21.1 Å². The zero-order valence-corrected chi connectivity index (χ0v) is 27.2. The van der Waals surface area contributed by atoms with E-state index < -0.39 is 18.0 Å². The molecule has 4 N–H and O–H groups in total. The number of carbonyl (C=O) groups is 7. The van der Waals surface area contributed by atoms with Crippen LogP contribution >= 0.6 is 0 Å².